The van der Waals surface area contributed by atoms with Gasteiger partial charge in [-0.3, -0.25) is 20.2 Å². The van der Waals surface area contributed by atoms with Crippen molar-refractivity contribution in [2.75, 3.05) is 32.9 Å². The van der Waals surface area contributed by atoms with Gasteiger partial charge >= 0.3 is 0 Å². The number of amides is 1. The summed E-state index contributed by atoms with van der Waals surface area (Å²) in [4.78, 5) is 16.8. The number of rotatable bonds is 5. The van der Waals surface area contributed by atoms with E-state index in [4.69, 9.17) is 24.4 Å². The fraction of sp³-hybridized carbons (Fsp3) is 0.769. The smallest absolute Gasteiger partial charge is 0.255 e. The first-order chi connectivity index (χ1) is 11.2. The Morgan fingerprint density at radius 2 is 1.75 bits per heavy atom. The molecule has 1 amide bonds. The first-order valence-corrected chi connectivity index (χ1v) is 10.3. The second kappa shape index (κ2) is 7.89. The van der Waals surface area contributed by atoms with E-state index in [-0.39, 0.29) is 0 Å². The zero-order valence-electron chi connectivity index (χ0n) is 13.8. The molecule has 0 radical (unpaired) electrons. The molecule has 24 heavy (non-hydrogen) atoms. The molecule has 0 aromatic heterocycles. The van der Waals surface area contributed by atoms with E-state index in [1.807, 2.05) is 4.90 Å². The molecule has 1 heterocycles. The van der Waals surface area contributed by atoms with Crippen LogP contribution in [0.1, 0.15) is 25.7 Å². The molecule has 1 saturated heterocycles. The van der Waals surface area contributed by atoms with E-state index >= 15 is 0 Å². The Labute approximate surface area is 153 Å². The largest absolute Gasteiger partial charge is 0.348 e. The molecule has 11 heteroatoms. The van der Waals surface area contributed by atoms with Crippen molar-refractivity contribution in [3.05, 3.63) is 0 Å². The summed E-state index contributed by atoms with van der Waals surface area (Å²) in [6, 6.07) is 0. The highest BCUT2D eigenvalue weighted by atomic mass is 32.2. The lowest BCUT2D eigenvalue weighted by molar-refractivity contribution is -0.121. The Bertz CT molecular complexity index is 614. The van der Waals surface area contributed by atoms with Gasteiger partial charge < -0.3 is 4.90 Å². The van der Waals surface area contributed by atoms with E-state index in [1.165, 1.54) is 17.1 Å². The number of nitrogens with zero attached hydrogens (tertiary/aromatic N) is 3. The average Bonchev–Trinajstić information content (AvgIpc) is 3.18. The van der Waals surface area contributed by atoms with Gasteiger partial charge in [0.2, 0.25) is 10.0 Å². The van der Waals surface area contributed by atoms with Gasteiger partial charge in [0.15, 0.2) is 5.11 Å². The van der Waals surface area contributed by atoms with E-state index in [2.05, 4.69) is 10.3 Å². The second-order valence-corrected chi connectivity index (χ2v) is 8.58. The van der Waals surface area contributed by atoms with Crippen molar-refractivity contribution in [3.63, 3.8) is 0 Å². The lowest BCUT2D eigenvalue weighted by atomic mass is 10.4. The third-order valence-electron chi connectivity index (χ3n) is 3.81. The van der Waals surface area contributed by atoms with Gasteiger partial charge in [-0.25, -0.2) is 8.42 Å². The molecule has 1 saturated carbocycles. The molecule has 2 rings (SSSR count). The average molecular weight is 394 g/mol. The van der Waals surface area contributed by atoms with Crippen LogP contribution in [0.3, 0.4) is 0 Å². The molecule has 0 spiro atoms. The number of thiocarbonyl (C=S) groups is 2. The van der Waals surface area contributed by atoms with Crippen LogP contribution in [0.5, 0.6) is 0 Å². The molecular formula is C13H23N5O3S3. The van der Waals surface area contributed by atoms with Crippen LogP contribution in [0, 0.1) is 5.92 Å². The van der Waals surface area contributed by atoms with Crippen molar-refractivity contribution in [2.45, 2.75) is 25.7 Å². The van der Waals surface area contributed by atoms with Crippen LogP contribution < -0.4 is 10.3 Å². The van der Waals surface area contributed by atoms with Gasteiger partial charge in [0, 0.05) is 33.1 Å². The predicted octanol–water partition coefficient (Wildman–Crippen LogP) is -0.166. The van der Waals surface area contributed by atoms with Gasteiger partial charge in [0.1, 0.15) is 5.75 Å². The molecule has 0 unspecified atom stereocenters. The van der Waals surface area contributed by atoms with Crippen molar-refractivity contribution in [1.29, 1.82) is 0 Å². The number of hydrazine groups is 2. The van der Waals surface area contributed by atoms with Crippen molar-refractivity contribution in [2.24, 2.45) is 5.92 Å². The van der Waals surface area contributed by atoms with Crippen molar-refractivity contribution >= 4 is 50.5 Å². The summed E-state index contributed by atoms with van der Waals surface area (Å²) in [5.74, 6) is -1.03. The molecular weight excluding hydrogens is 370 g/mol. The van der Waals surface area contributed by atoms with Crippen molar-refractivity contribution in [3.8, 4) is 0 Å². The Morgan fingerprint density at radius 1 is 1.17 bits per heavy atom. The van der Waals surface area contributed by atoms with Crippen LogP contribution in [0.4, 0.5) is 0 Å². The third-order valence-corrected chi connectivity index (χ3v) is 6.14. The second-order valence-electron chi connectivity index (χ2n) is 6.09. The maximum atomic E-state index is 12.1. The fourth-order valence-corrected chi connectivity index (χ4v) is 4.00. The van der Waals surface area contributed by atoms with Crippen LogP contribution in [0.25, 0.3) is 0 Å². The van der Waals surface area contributed by atoms with E-state index in [0.29, 0.717) is 16.0 Å². The number of hydrogen-bond acceptors (Lipinski definition) is 5. The molecule has 136 valence electrons. The summed E-state index contributed by atoms with van der Waals surface area (Å²) in [7, 11) is -0.700. The summed E-state index contributed by atoms with van der Waals surface area (Å²) >= 11 is 10.5. The Morgan fingerprint density at radius 3 is 2.29 bits per heavy atom. The van der Waals surface area contributed by atoms with Crippen LogP contribution in [-0.2, 0) is 14.8 Å². The summed E-state index contributed by atoms with van der Waals surface area (Å²) < 4.78 is 24.3. The van der Waals surface area contributed by atoms with Gasteiger partial charge in [-0.15, -0.1) is 4.83 Å². The Kier molecular flexibility index (Phi) is 6.34. The number of likely N-dealkylation sites (tertiary alicyclic amines) is 1. The van der Waals surface area contributed by atoms with Crippen LogP contribution >= 0.6 is 24.4 Å². The maximum Gasteiger partial charge on any atom is 0.255 e. The first-order valence-electron chi connectivity index (χ1n) is 7.79. The highest BCUT2D eigenvalue weighted by molar-refractivity contribution is 7.90. The van der Waals surface area contributed by atoms with Gasteiger partial charge in [-0.2, -0.15) is 0 Å². The van der Waals surface area contributed by atoms with E-state index in [9.17, 15) is 13.2 Å². The Balaban J connectivity index is 1.81. The molecule has 2 N–H and O–H groups in total. The zero-order valence-corrected chi connectivity index (χ0v) is 16.3. The summed E-state index contributed by atoms with van der Waals surface area (Å²) in [6.07, 6.45) is 4.10. The third kappa shape index (κ3) is 5.50. The molecule has 0 bridgehead atoms. The highest BCUT2D eigenvalue weighted by Gasteiger charge is 2.30. The quantitative estimate of drug-likeness (QED) is 0.492. The molecule has 2 aliphatic rings. The van der Waals surface area contributed by atoms with Gasteiger partial charge in [0.05, 0.1) is 4.99 Å². The number of sulfonamides is 1. The van der Waals surface area contributed by atoms with Crippen LogP contribution in [0.15, 0.2) is 0 Å². The molecule has 0 aromatic rings. The standard InChI is InChI=1S/C13H23N5O3S3/c1-16(12(22)10-5-6-10)14-11(19)9-24(20,21)15-17(2)13(23)18-7-3-4-8-18/h10,15H,3-9H2,1-2H3,(H,14,19). The van der Waals surface area contributed by atoms with Gasteiger partial charge in [-0.05, 0) is 37.9 Å². The SMILES string of the molecule is CN(NC(=O)CS(=O)(=O)NN(C)C(=S)N1CCCC1)C(=S)C1CC1. The maximum absolute atomic E-state index is 12.1. The van der Waals surface area contributed by atoms with E-state index < -0.39 is 21.7 Å². The Hall–Kier alpha value is -1.04. The highest BCUT2D eigenvalue weighted by Crippen LogP contribution is 2.31. The van der Waals surface area contributed by atoms with Crippen molar-refractivity contribution < 1.29 is 13.2 Å². The zero-order chi connectivity index (χ0) is 17.9. The molecule has 0 aromatic carbocycles. The van der Waals surface area contributed by atoms with E-state index in [1.54, 1.807) is 7.05 Å². The molecule has 0 atom stereocenters. The van der Waals surface area contributed by atoms with Crippen LogP contribution in [-0.4, -0.2) is 72.3 Å². The monoisotopic (exact) mass is 393 g/mol. The number of nitrogens with one attached hydrogen (secondary N) is 2. The summed E-state index contributed by atoms with van der Waals surface area (Å²) in [5.41, 5.74) is 2.49. The van der Waals surface area contributed by atoms with Crippen molar-refractivity contribution in [1.82, 2.24) is 25.2 Å². The number of hydrogen-bond donors (Lipinski definition) is 2. The first kappa shape index (κ1) is 19.3. The molecule has 1 aliphatic heterocycles. The lowest BCUT2D eigenvalue weighted by Gasteiger charge is -2.27. The number of carbonyl (C=O) groups excluding carboxylic acids is 1. The summed E-state index contributed by atoms with van der Waals surface area (Å²) in [5, 5.41) is 3.09. The minimum Gasteiger partial charge on any atom is -0.348 e. The lowest BCUT2D eigenvalue weighted by Crippen LogP contribution is -2.52. The topological polar surface area (TPSA) is 85.0 Å². The molecule has 8 nitrogen and oxygen atoms in total. The number of carbonyl (C=O) groups is 1. The molecule has 2 fully saturated rings. The normalized spacial score (nSPS) is 17.5. The van der Waals surface area contributed by atoms with Gasteiger partial charge in [-0.1, -0.05) is 12.2 Å². The minimum absolute atomic E-state index is 0.309. The van der Waals surface area contributed by atoms with Crippen LogP contribution in [0.2, 0.25) is 0 Å². The fourth-order valence-electron chi connectivity index (χ4n) is 2.45. The summed E-state index contributed by atoms with van der Waals surface area (Å²) in [6.45, 7) is 1.63. The van der Waals surface area contributed by atoms with Gasteiger partial charge in [0.25, 0.3) is 5.91 Å². The minimum atomic E-state index is -3.85. The van der Waals surface area contributed by atoms with E-state index in [0.717, 1.165) is 38.8 Å². The molecule has 1 aliphatic carbocycles. The predicted molar refractivity (Wildman–Crippen MR) is 99.3 cm³/mol.